The molecule has 4 atom stereocenters. The van der Waals surface area contributed by atoms with Crippen LogP contribution in [0.5, 0.6) is 0 Å². The molecule has 2 aliphatic heterocycles. The summed E-state index contributed by atoms with van der Waals surface area (Å²) in [5.74, 6) is 0.703. The van der Waals surface area contributed by atoms with E-state index in [1.54, 1.807) is 33.5 Å². The monoisotopic (exact) mass is 519 g/mol. The average molecular weight is 520 g/mol. The van der Waals surface area contributed by atoms with Crippen LogP contribution in [0.3, 0.4) is 0 Å². The van der Waals surface area contributed by atoms with Crippen molar-refractivity contribution in [3.63, 3.8) is 0 Å². The van der Waals surface area contributed by atoms with Crippen molar-refractivity contribution in [1.29, 1.82) is 5.26 Å². The Kier molecular flexibility index (Phi) is 9.10. The summed E-state index contributed by atoms with van der Waals surface area (Å²) < 4.78 is 17.3. The van der Waals surface area contributed by atoms with Gasteiger partial charge in [0.25, 0.3) is 0 Å². The predicted octanol–water partition coefficient (Wildman–Crippen LogP) is 3.17. The number of likely N-dealkylation sites (tertiary alicyclic amines) is 1. The van der Waals surface area contributed by atoms with E-state index < -0.39 is 5.60 Å². The Labute approximate surface area is 225 Å². The molecule has 0 aliphatic carbocycles. The fraction of sp³-hybridized carbons (Fsp3) is 0.517. The number of piperidine rings is 1. The zero-order valence-electron chi connectivity index (χ0n) is 22.7. The number of ether oxygens (including phenoxy) is 3. The molecule has 2 fully saturated rings. The minimum Gasteiger partial charge on any atom is -0.380 e. The Balaban J connectivity index is 1.55. The molecule has 202 valence electrons. The lowest BCUT2D eigenvalue weighted by Crippen LogP contribution is -2.57. The second-order valence-electron chi connectivity index (χ2n) is 10.1. The number of amides is 1. The number of allylic oxidation sites excluding steroid dienone is 1. The quantitative estimate of drug-likeness (QED) is 0.466. The van der Waals surface area contributed by atoms with E-state index in [0.717, 1.165) is 17.6 Å². The summed E-state index contributed by atoms with van der Waals surface area (Å²) in [6, 6.07) is 15.6. The molecule has 0 bridgehead atoms. The molecule has 1 aromatic heterocycles. The van der Waals surface area contributed by atoms with Gasteiger partial charge >= 0.3 is 0 Å². The van der Waals surface area contributed by atoms with Gasteiger partial charge in [-0.3, -0.25) is 4.79 Å². The second kappa shape index (κ2) is 12.5. The predicted molar refractivity (Wildman–Crippen MR) is 143 cm³/mol. The van der Waals surface area contributed by atoms with Crippen LogP contribution in [0.15, 0.2) is 54.1 Å². The third-order valence-electron chi connectivity index (χ3n) is 7.87. The van der Waals surface area contributed by atoms with E-state index in [2.05, 4.69) is 33.3 Å². The highest BCUT2D eigenvalue weighted by Crippen LogP contribution is 2.39. The van der Waals surface area contributed by atoms with Gasteiger partial charge in [0.1, 0.15) is 17.8 Å². The molecule has 2 aliphatic rings. The Morgan fingerprint density at radius 1 is 1.13 bits per heavy atom. The summed E-state index contributed by atoms with van der Waals surface area (Å²) in [4.78, 5) is 18.1. The second-order valence-corrected chi connectivity index (χ2v) is 10.1. The zero-order chi connectivity index (χ0) is 27.1. The lowest BCUT2D eigenvalue weighted by Gasteiger charge is -2.47. The van der Waals surface area contributed by atoms with Gasteiger partial charge in [-0.05, 0) is 37.0 Å². The number of nitrogens with zero attached hydrogens (tertiary/aromatic N) is 5. The number of carbonyl (C=O) groups is 1. The number of aromatic nitrogens is 2. The van der Waals surface area contributed by atoms with Crippen LogP contribution in [0.2, 0.25) is 0 Å². The number of hydrogen-bond donors (Lipinski definition) is 0. The van der Waals surface area contributed by atoms with E-state index in [9.17, 15) is 4.79 Å². The number of anilines is 1. The Morgan fingerprint density at radius 3 is 2.55 bits per heavy atom. The van der Waals surface area contributed by atoms with Crippen LogP contribution in [-0.2, 0) is 24.6 Å². The minimum atomic E-state index is -0.605. The van der Waals surface area contributed by atoms with Gasteiger partial charge in [0.15, 0.2) is 11.5 Å². The van der Waals surface area contributed by atoms with E-state index in [1.165, 1.54) is 0 Å². The molecule has 2 saturated heterocycles. The van der Waals surface area contributed by atoms with Gasteiger partial charge in [0.05, 0.1) is 19.1 Å². The van der Waals surface area contributed by atoms with Gasteiger partial charge in [-0.2, -0.15) is 5.26 Å². The van der Waals surface area contributed by atoms with Gasteiger partial charge in [-0.25, -0.2) is 0 Å². The van der Waals surface area contributed by atoms with E-state index in [4.69, 9.17) is 19.5 Å². The summed E-state index contributed by atoms with van der Waals surface area (Å²) in [6.07, 6.45) is 3.28. The third-order valence-corrected chi connectivity index (χ3v) is 7.87. The largest absolute Gasteiger partial charge is 0.380 e. The fourth-order valence-corrected chi connectivity index (χ4v) is 5.77. The van der Waals surface area contributed by atoms with Crippen LogP contribution in [-0.4, -0.2) is 81.2 Å². The van der Waals surface area contributed by atoms with E-state index in [-0.39, 0.29) is 29.5 Å². The molecule has 9 nitrogen and oxygen atoms in total. The smallest absolute Gasteiger partial charge is 0.227 e. The molecule has 0 spiro atoms. The number of nitriles is 1. The normalized spacial score (nSPS) is 25.9. The minimum absolute atomic E-state index is 0.107. The van der Waals surface area contributed by atoms with Gasteiger partial charge in [-0.1, -0.05) is 42.0 Å². The van der Waals surface area contributed by atoms with Crippen molar-refractivity contribution in [2.75, 3.05) is 59.0 Å². The molecule has 0 saturated carbocycles. The number of carbonyl (C=O) groups excluding carboxylic acids is 1. The van der Waals surface area contributed by atoms with Gasteiger partial charge in [0, 0.05) is 47.4 Å². The van der Waals surface area contributed by atoms with Crippen LogP contribution < -0.4 is 4.90 Å². The Morgan fingerprint density at radius 2 is 1.92 bits per heavy atom. The molecular weight excluding hydrogens is 482 g/mol. The summed E-state index contributed by atoms with van der Waals surface area (Å²) in [6.45, 7) is 4.87. The molecule has 1 aromatic carbocycles. The van der Waals surface area contributed by atoms with Crippen LogP contribution in [0.1, 0.15) is 31.0 Å². The number of hydrogen-bond acceptors (Lipinski definition) is 8. The average Bonchev–Trinajstić information content (AvgIpc) is 3.40. The van der Waals surface area contributed by atoms with E-state index in [0.29, 0.717) is 45.0 Å². The lowest BCUT2D eigenvalue weighted by atomic mass is 9.81. The van der Waals surface area contributed by atoms with Crippen LogP contribution in [0.25, 0.3) is 0 Å². The Bertz CT molecular complexity index is 1150. The topological polar surface area (TPSA) is 101 Å². The van der Waals surface area contributed by atoms with Gasteiger partial charge < -0.3 is 24.0 Å². The van der Waals surface area contributed by atoms with Crippen LogP contribution in [0, 0.1) is 23.2 Å². The van der Waals surface area contributed by atoms with Crippen molar-refractivity contribution in [3.8, 4) is 6.07 Å². The summed E-state index contributed by atoms with van der Waals surface area (Å²) in [5, 5.41) is 17.3. The highest BCUT2D eigenvalue weighted by molar-refractivity contribution is 5.81. The maximum atomic E-state index is 14.0. The van der Waals surface area contributed by atoms with Crippen molar-refractivity contribution in [3.05, 3.63) is 65.4 Å². The maximum absolute atomic E-state index is 14.0. The van der Waals surface area contributed by atoms with Crippen molar-refractivity contribution < 1.29 is 19.0 Å². The molecule has 9 heteroatoms. The summed E-state index contributed by atoms with van der Waals surface area (Å²) >= 11 is 0. The first-order chi connectivity index (χ1) is 18.4. The summed E-state index contributed by atoms with van der Waals surface area (Å²) in [5.41, 5.74) is 1.87. The van der Waals surface area contributed by atoms with Gasteiger partial charge in [0.2, 0.25) is 5.91 Å². The lowest BCUT2D eigenvalue weighted by molar-refractivity contribution is -0.171. The first-order valence-corrected chi connectivity index (χ1v) is 13.0. The molecule has 4 rings (SSSR count). The first kappa shape index (κ1) is 27.7. The van der Waals surface area contributed by atoms with Crippen LogP contribution >= 0.6 is 0 Å². The highest BCUT2D eigenvalue weighted by atomic mass is 16.5. The van der Waals surface area contributed by atoms with Crippen molar-refractivity contribution in [2.24, 2.45) is 11.8 Å². The maximum Gasteiger partial charge on any atom is 0.227 e. The number of methoxy groups -OCH3 is 3. The number of rotatable bonds is 9. The molecule has 0 N–H and O–H groups in total. The van der Waals surface area contributed by atoms with E-state index in [1.807, 2.05) is 36.1 Å². The van der Waals surface area contributed by atoms with Crippen molar-refractivity contribution >= 4 is 11.7 Å². The van der Waals surface area contributed by atoms with Crippen molar-refractivity contribution in [2.45, 2.75) is 31.5 Å². The molecule has 1 amide bonds. The van der Waals surface area contributed by atoms with Crippen molar-refractivity contribution in [1.82, 2.24) is 15.1 Å². The third kappa shape index (κ3) is 5.73. The SMILES string of the molecule is COC/C(C)=C/C[C@H]1CN(c2ccc(C#N)nn2)C[C@H]1C(=O)N1CC[C@](OC)(c2ccccc2)[C@@H](OC)C1. The molecular formula is C29H37N5O4. The molecule has 0 radical (unpaired) electrons. The molecule has 2 aromatic rings. The highest BCUT2D eigenvalue weighted by Gasteiger charge is 2.48. The Hall–Kier alpha value is -3.32. The molecule has 0 unspecified atom stereocenters. The standard InChI is InChI=1S/C29H37N5O4/c1-21(20-36-2)10-11-22-17-34(27-13-12-24(16-30)31-32-27)18-25(22)28(35)33-15-14-29(38-4,26(19-33)37-3)23-8-6-5-7-9-23/h5-10,12-13,22,25-26H,11,14-15,17-20H2,1-4H3/b21-10+/t22-,25+,26-,29-/m0/s1. The first-order valence-electron chi connectivity index (χ1n) is 13.0. The summed E-state index contributed by atoms with van der Waals surface area (Å²) in [7, 11) is 5.08. The van der Waals surface area contributed by atoms with Crippen LogP contribution in [0.4, 0.5) is 5.82 Å². The zero-order valence-corrected chi connectivity index (χ0v) is 22.7. The van der Waals surface area contributed by atoms with E-state index >= 15 is 0 Å². The fourth-order valence-electron chi connectivity index (χ4n) is 5.77. The number of benzene rings is 1. The van der Waals surface area contributed by atoms with Gasteiger partial charge in [-0.15, -0.1) is 10.2 Å². The molecule has 38 heavy (non-hydrogen) atoms. The molecule has 3 heterocycles.